The lowest BCUT2D eigenvalue weighted by atomic mass is 10.1. The SMILES string of the molecule is CC(=O)/C(=C/c1cnc(-c2ccccc2)[nH]1)C(=O)OCCCc1ccccc1. The Morgan fingerprint density at radius 3 is 2.39 bits per heavy atom. The Hall–Kier alpha value is -3.47. The second kappa shape index (κ2) is 9.46. The van der Waals surface area contributed by atoms with E-state index in [1.54, 1.807) is 6.20 Å². The van der Waals surface area contributed by atoms with Crippen molar-refractivity contribution in [2.24, 2.45) is 0 Å². The predicted octanol–water partition coefficient (Wildman–Crippen LogP) is 4.23. The molecule has 0 radical (unpaired) electrons. The number of imidazole rings is 1. The summed E-state index contributed by atoms with van der Waals surface area (Å²) >= 11 is 0. The molecule has 142 valence electrons. The third-order valence-electron chi connectivity index (χ3n) is 4.23. The lowest BCUT2D eigenvalue weighted by Gasteiger charge is -2.06. The van der Waals surface area contributed by atoms with Crippen molar-refractivity contribution in [1.29, 1.82) is 0 Å². The van der Waals surface area contributed by atoms with E-state index in [1.807, 2.05) is 60.7 Å². The van der Waals surface area contributed by atoms with Gasteiger partial charge in [-0.1, -0.05) is 60.7 Å². The van der Waals surface area contributed by atoms with Crippen molar-refractivity contribution in [3.8, 4) is 11.4 Å². The van der Waals surface area contributed by atoms with Gasteiger partial charge in [0.2, 0.25) is 0 Å². The van der Waals surface area contributed by atoms with Crippen LogP contribution in [0.1, 0.15) is 24.6 Å². The number of carbonyl (C=O) groups is 2. The number of carbonyl (C=O) groups excluding carboxylic acids is 2. The Kier molecular flexibility index (Phi) is 6.52. The van der Waals surface area contributed by atoms with Crippen LogP contribution >= 0.6 is 0 Å². The summed E-state index contributed by atoms with van der Waals surface area (Å²) in [7, 11) is 0. The number of ether oxygens (including phenoxy) is 1. The number of hydrogen-bond acceptors (Lipinski definition) is 4. The van der Waals surface area contributed by atoms with E-state index < -0.39 is 5.97 Å². The fraction of sp³-hybridized carbons (Fsp3) is 0.174. The number of benzene rings is 2. The van der Waals surface area contributed by atoms with Crippen molar-refractivity contribution >= 4 is 17.8 Å². The first-order valence-electron chi connectivity index (χ1n) is 9.17. The summed E-state index contributed by atoms with van der Waals surface area (Å²) in [6.07, 6.45) is 4.59. The largest absolute Gasteiger partial charge is 0.462 e. The Balaban J connectivity index is 1.61. The van der Waals surface area contributed by atoms with Crippen LogP contribution in [0.2, 0.25) is 0 Å². The monoisotopic (exact) mass is 374 g/mol. The molecule has 1 aromatic heterocycles. The number of rotatable bonds is 8. The molecule has 0 fully saturated rings. The number of hydrogen-bond donors (Lipinski definition) is 1. The van der Waals surface area contributed by atoms with Gasteiger partial charge in [0, 0.05) is 5.56 Å². The fourth-order valence-electron chi connectivity index (χ4n) is 2.77. The number of H-pyrrole nitrogens is 1. The van der Waals surface area contributed by atoms with Gasteiger partial charge in [0.25, 0.3) is 0 Å². The molecule has 0 bridgehead atoms. The smallest absolute Gasteiger partial charge is 0.341 e. The molecule has 3 aromatic rings. The predicted molar refractivity (Wildman–Crippen MR) is 108 cm³/mol. The summed E-state index contributed by atoms with van der Waals surface area (Å²) in [5.74, 6) is -0.286. The minimum Gasteiger partial charge on any atom is -0.462 e. The minimum absolute atomic E-state index is 0.00275. The van der Waals surface area contributed by atoms with Crippen LogP contribution in [0.25, 0.3) is 17.5 Å². The molecule has 1 heterocycles. The van der Waals surface area contributed by atoms with E-state index in [9.17, 15) is 9.59 Å². The van der Waals surface area contributed by atoms with Gasteiger partial charge in [0.1, 0.15) is 11.4 Å². The van der Waals surface area contributed by atoms with Crippen LogP contribution in [0, 0.1) is 0 Å². The van der Waals surface area contributed by atoms with Crippen LogP contribution in [-0.4, -0.2) is 28.3 Å². The first-order valence-corrected chi connectivity index (χ1v) is 9.17. The average Bonchev–Trinajstić information content (AvgIpc) is 3.19. The minimum atomic E-state index is -0.614. The van der Waals surface area contributed by atoms with Gasteiger partial charge in [-0.15, -0.1) is 0 Å². The van der Waals surface area contributed by atoms with Crippen molar-refractivity contribution < 1.29 is 14.3 Å². The van der Waals surface area contributed by atoms with Crippen LogP contribution in [0.5, 0.6) is 0 Å². The topological polar surface area (TPSA) is 72.0 Å². The Morgan fingerprint density at radius 2 is 1.71 bits per heavy atom. The van der Waals surface area contributed by atoms with Crippen molar-refractivity contribution in [3.63, 3.8) is 0 Å². The van der Waals surface area contributed by atoms with Gasteiger partial charge in [-0.05, 0) is 31.4 Å². The molecule has 0 spiro atoms. The van der Waals surface area contributed by atoms with E-state index in [4.69, 9.17) is 4.74 Å². The van der Waals surface area contributed by atoms with Crippen molar-refractivity contribution in [1.82, 2.24) is 9.97 Å². The number of nitrogens with zero attached hydrogens (tertiary/aromatic N) is 1. The van der Waals surface area contributed by atoms with Gasteiger partial charge in [-0.3, -0.25) is 4.79 Å². The standard InChI is InChI=1S/C23H22N2O3/c1-17(26)21(23(27)28-14-8-11-18-9-4-2-5-10-18)15-20-16-24-22(25-20)19-12-6-3-7-13-19/h2-7,9-10,12-13,15-16H,8,11,14H2,1H3,(H,24,25)/b21-15-. The van der Waals surface area contributed by atoms with E-state index in [1.165, 1.54) is 18.6 Å². The summed E-state index contributed by atoms with van der Waals surface area (Å²) in [5.41, 5.74) is 2.69. The van der Waals surface area contributed by atoms with Gasteiger partial charge in [-0.25, -0.2) is 9.78 Å². The maximum absolute atomic E-state index is 12.3. The highest BCUT2D eigenvalue weighted by molar-refractivity contribution is 6.19. The number of esters is 1. The lowest BCUT2D eigenvalue weighted by Crippen LogP contribution is -2.14. The van der Waals surface area contributed by atoms with Crippen LogP contribution in [-0.2, 0) is 20.7 Å². The lowest BCUT2D eigenvalue weighted by molar-refractivity contribution is -0.140. The zero-order valence-corrected chi connectivity index (χ0v) is 15.7. The number of nitrogens with one attached hydrogen (secondary N) is 1. The summed E-state index contributed by atoms with van der Waals surface area (Å²) in [4.78, 5) is 31.7. The quantitative estimate of drug-likeness (QED) is 0.211. The molecule has 0 saturated carbocycles. The fourth-order valence-corrected chi connectivity index (χ4v) is 2.77. The van der Waals surface area contributed by atoms with Crippen LogP contribution in [0.15, 0.2) is 72.4 Å². The van der Waals surface area contributed by atoms with Gasteiger partial charge in [0.05, 0.1) is 18.5 Å². The number of ketones is 1. The highest BCUT2D eigenvalue weighted by atomic mass is 16.5. The van der Waals surface area contributed by atoms with Gasteiger partial charge < -0.3 is 9.72 Å². The molecule has 0 unspecified atom stereocenters. The molecule has 0 aliphatic rings. The van der Waals surface area contributed by atoms with Crippen LogP contribution in [0.3, 0.4) is 0 Å². The number of aromatic nitrogens is 2. The maximum atomic E-state index is 12.3. The van der Waals surface area contributed by atoms with E-state index in [2.05, 4.69) is 9.97 Å². The number of aromatic amines is 1. The van der Waals surface area contributed by atoms with Crippen molar-refractivity contribution in [3.05, 3.63) is 83.7 Å². The molecule has 5 heteroatoms. The van der Waals surface area contributed by atoms with Gasteiger partial charge in [-0.2, -0.15) is 0 Å². The molecule has 28 heavy (non-hydrogen) atoms. The third-order valence-corrected chi connectivity index (χ3v) is 4.23. The summed E-state index contributed by atoms with van der Waals surface area (Å²) in [6.45, 7) is 1.61. The molecule has 0 atom stereocenters. The zero-order valence-electron chi connectivity index (χ0n) is 15.7. The Labute approximate surface area is 164 Å². The molecule has 0 saturated heterocycles. The molecular weight excluding hydrogens is 352 g/mol. The molecule has 0 aliphatic carbocycles. The second-order valence-corrected chi connectivity index (χ2v) is 6.39. The average molecular weight is 374 g/mol. The first-order chi connectivity index (χ1) is 13.6. The van der Waals surface area contributed by atoms with E-state index in [0.717, 1.165) is 12.0 Å². The normalized spacial score (nSPS) is 11.2. The molecule has 5 nitrogen and oxygen atoms in total. The molecule has 3 rings (SSSR count). The van der Waals surface area contributed by atoms with Crippen molar-refractivity contribution in [2.75, 3.05) is 6.61 Å². The van der Waals surface area contributed by atoms with Crippen LogP contribution < -0.4 is 0 Å². The van der Waals surface area contributed by atoms with E-state index in [-0.39, 0.29) is 18.0 Å². The molecule has 1 N–H and O–H groups in total. The molecular formula is C23H22N2O3. The molecule has 2 aromatic carbocycles. The number of Topliss-reactive ketones (excluding diaryl/α,β-unsaturated/α-hetero) is 1. The third kappa shape index (κ3) is 5.27. The summed E-state index contributed by atoms with van der Waals surface area (Å²) in [6, 6.07) is 19.6. The van der Waals surface area contributed by atoms with Gasteiger partial charge >= 0.3 is 5.97 Å². The molecule has 0 aliphatic heterocycles. The Morgan fingerprint density at radius 1 is 1.04 bits per heavy atom. The number of aryl methyl sites for hydroxylation is 1. The maximum Gasteiger partial charge on any atom is 0.341 e. The van der Waals surface area contributed by atoms with E-state index >= 15 is 0 Å². The zero-order chi connectivity index (χ0) is 19.8. The summed E-state index contributed by atoms with van der Waals surface area (Å²) in [5, 5.41) is 0. The highest BCUT2D eigenvalue weighted by Crippen LogP contribution is 2.17. The van der Waals surface area contributed by atoms with E-state index in [0.29, 0.717) is 17.9 Å². The van der Waals surface area contributed by atoms with Gasteiger partial charge in [0.15, 0.2) is 5.78 Å². The first kappa shape index (κ1) is 19.3. The molecule has 0 amide bonds. The summed E-state index contributed by atoms with van der Waals surface area (Å²) < 4.78 is 5.29. The van der Waals surface area contributed by atoms with Crippen molar-refractivity contribution in [2.45, 2.75) is 19.8 Å². The second-order valence-electron chi connectivity index (χ2n) is 6.39. The van der Waals surface area contributed by atoms with Crippen LogP contribution in [0.4, 0.5) is 0 Å². The highest BCUT2D eigenvalue weighted by Gasteiger charge is 2.17. The Bertz CT molecular complexity index is 960.